The van der Waals surface area contributed by atoms with E-state index in [1.807, 2.05) is 23.6 Å². The number of benzene rings is 1. The maximum atomic E-state index is 13.3. The van der Waals surface area contributed by atoms with E-state index in [2.05, 4.69) is 29.1 Å². The molecule has 130 valence electrons. The Balaban J connectivity index is 1.81. The van der Waals surface area contributed by atoms with Gasteiger partial charge in [0.15, 0.2) is 5.65 Å². The molecule has 0 unspecified atom stereocenters. The lowest BCUT2D eigenvalue weighted by Gasteiger charge is -2.18. The summed E-state index contributed by atoms with van der Waals surface area (Å²) in [5.74, 6) is 0.246. The van der Waals surface area contributed by atoms with Crippen LogP contribution in [0.2, 0.25) is 0 Å². The van der Waals surface area contributed by atoms with Gasteiger partial charge in [-0.05, 0) is 50.6 Å². The molecule has 0 aliphatic carbocycles. The molecule has 3 rings (SSSR count). The van der Waals surface area contributed by atoms with Crippen LogP contribution in [0.3, 0.4) is 0 Å². The summed E-state index contributed by atoms with van der Waals surface area (Å²) in [6.07, 6.45) is 1.86. The Kier molecular flexibility index (Phi) is 4.79. The average Bonchev–Trinajstić information content (AvgIpc) is 2.94. The second-order valence-corrected chi connectivity index (χ2v) is 6.38. The third-order valence-electron chi connectivity index (χ3n) is 4.01. The monoisotopic (exact) mass is 340 g/mol. The van der Waals surface area contributed by atoms with Crippen molar-refractivity contribution in [2.45, 2.75) is 39.3 Å². The Morgan fingerprint density at radius 1 is 1.24 bits per heavy atom. The van der Waals surface area contributed by atoms with Crippen molar-refractivity contribution in [2.24, 2.45) is 0 Å². The Hall–Kier alpha value is -2.76. The largest absolute Gasteiger partial charge is 0.346 e. The van der Waals surface area contributed by atoms with E-state index in [-0.39, 0.29) is 30.2 Å². The van der Waals surface area contributed by atoms with Crippen LogP contribution < -0.4 is 5.32 Å². The van der Waals surface area contributed by atoms with E-state index in [4.69, 9.17) is 0 Å². The summed E-state index contributed by atoms with van der Waals surface area (Å²) in [7, 11) is 0. The molecular formula is C19H21FN4O. The summed E-state index contributed by atoms with van der Waals surface area (Å²) in [5.41, 5.74) is 2.25. The zero-order chi connectivity index (χ0) is 18.0. The lowest BCUT2D eigenvalue weighted by molar-refractivity contribution is -0.121. The predicted octanol–water partition coefficient (Wildman–Crippen LogP) is 3.57. The second-order valence-electron chi connectivity index (χ2n) is 6.38. The van der Waals surface area contributed by atoms with Crippen molar-refractivity contribution in [3.63, 3.8) is 0 Å². The number of imidazole rings is 1. The van der Waals surface area contributed by atoms with E-state index in [9.17, 15) is 9.18 Å². The van der Waals surface area contributed by atoms with Crippen LogP contribution in [0.25, 0.3) is 11.2 Å². The van der Waals surface area contributed by atoms with Gasteiger partial charge < -0.3 is 9.88 Å². The van der Waals surface area contributed by atoms with Crippen LogP contribution in [-0.2, 0) is 11.2 Å². The first-order valence-electron chi connectivity index (χ1n) is 8.32. The van der Waals surface area contributed by atoms with Crippen LogP contribution in [0, 0.1) is 5.82 Å². The fourth-order valence-electron chi connectivity index (χ4n) is 2.95. The molecule has 1 amide bonds. The molecule has 25 heavy (non-hydrogen) atoms. The van der Waals surface area contributed by atoms with E-state index in [1.54, 1.807) is 18.3 Å². The third-order valence-corrected chi connectivity index (χ3v) is 4.01. The molecule has 1 aromatic carbocycles. The van der Waals surface area contributed by atoms with Crippen LogP contribution >= 0.6 is 0 Å². The summed E-state index contributed by atoms with van der Waals surface area (Å²) in [6.45, 7) is 6.00. The molecule has 0 saturated carbocycles. The molecule has 3 aromatic rings. The molecule has 5 nitrogen and oxygen atoms in total. The molecule has 0 aliphatic rings. The van der Waals surface area contributed by atoms with Gasteiger partial charge in [-0.15, -0.1) is 0 Å². The van der Waals surface area contributed by atoms with Crippen molar-refractivity contribution >= 4 is 17.1 Å². The van der Waals surface area contributed by atoms with E-state index < -0.39 is 0 Å². The Bertz CT molecular complexity index is 903. The molecule has 0 saturated heterocycles. The molecule has 6 heteroatoms. The van der Waals surface area contributed by atoms with Crippen molar-refractivity contribution in [3.8, 4) is 0 Å². The van der Waals surface area contributed by atoms with Gasteiger partial charge in [0.2, 0.25) is 5.91 Å². The number of hydrogen-bond acceptors (Lipinski definition) is 3. The highest BCUT2D eigenvalue weighted by Gasteiger charge is 2.20. The minimum Gasteiger partial charge on any atom is -0.346 e. The number of rotatable bonds is 5. The molecule has 0 bridgehead atoms. The third kappa shape index (κ3) is 3.68. The van der Waals surface area contributed by atoms with Gasteiger partial charge in [0.05, 0.1) is 12.5 Å². The maximum absolute atomic E-state index is 13.3. The van der Waals surface area contributed by atoms with Gasteiger partial charge in [-0.1, -0.05) is 12.1 Å². The first-order valence-corrected chi connectivity index (χ1v) is 8.32. The molecule has 0 radical (unpaired) electrons. The number of nitrogens with one attached hydrogen (secondary N) is 1. The van der Waals surface area contributed by atoms with Crippen LogP contribution in [0.4, 0.5) is 4.39 Å². The normalized spacial score (nSPS) is 12.5. The molecule has 2 aromatic heterocycles. The molecule has 1 atom stereocenters. The zero-order valence-corrected chi connectivity index (χ0v) is 14.5. The van der Waals surface area contributed by atoms with E-state index in [0.29, 0.717) is 5.56 Å². The fourth-order valence-corrected chi connectivity index (χ4v) is 2.95. The standard InChI is InChI=1S/C19H21FN4O/c1-12(2)24-18(23-16-8-5-9-21-19(16)24)13(3)22-17(25)11-14-6-4-7-15(20)10-14/h4-10,12-13H,11H2,1-3H3,(H,22,25)/t13-/m1/s1. The number of nitrogens with zero attached hydrogens (tertiary/aromatic N) is 3. The summed E-state index contributed by atoms with van der Waals surface area (Å²) in [6, 6.07) is 9.71. The Morgan fingerprint density at radius 3 is 2.76 bits per heavy atom. The van der Waals surface area contributed by atoms with Crippen LogP contribution in [-0.4, -0.2) is 20.4 Å². The van der Waals surface area contributed by atoms with E-state index in [0.717, 1.165) is 17.0 Å². The molecular weight excluding hydrogens is 319 g/mol. The molecule has 0 aliphatic heterocycles. The number of pyridine rings is 1. The van der Waals surface area contributed by atoms with Gasteiger partial charge in [0.25, 0.3) is 0 Å². The number of aromatic nitrogens is 3. The van der Waals surface area contributed by atoms with Gasteiger partial charge in [-0.2, -0.15) is 0 Å². The van der Waals surface area contributed by atoms with Crippen molar-refractivity contribution < 1.29 is 9.18 Å². The van der Waals surface area contributed by atoms with Crippen molar-refractivity contribution in [1.82, 2.24) is 19.9 Å². The Morgan fingerprint density at radius 2 is 2.04 bits per heavy atom. The summed E-state index contributed by atoms with van der Waals surface area (Å²) in [4.78, 5) is 21.4. The number of fused-ring (bicyclic) bond motifs is 1. The SMILES string of the molecule is CC(C)n1c([C@@H](C)NC(=O)Cc2cccc(F)c2)nc2cccnc21. The first kappa shape index (κ1) is 17.1. The number of hydrogen-bond donors (Lipinski definition) is 1. The molecule has 2 heterocycles. The van der Waals surface area contributed by atoms with Gasteiger partial charge in [0, 0.05) is 12.2 Å². The fraction of sp³-hybridized carbons (Fsp3) is 0.316. The number of amides is 1. The van der Waals surface area contributed by atoms with Crippen molar-refractivity contribution in [2.75, 3.05) is 0 Å². The molecule has 1 N–H and O–H groups in total. The summed E-state index contributed by atoms with van der Waals surface area (Å²) < 4.78 is 15.3. The summed E-state index contributed by atoms with van der Waals surface area (Å²) >= 11 is 0. The zero-order valence-electron chi connectivity index (χ0n) is 14.5. The summed E-state index contributed by atoms with van der Waals surface area (Å²) in [5, 5.41) is 2.95. The van der Waals surface area contributed by atoms with Crippen molar-refractivity contribution in [1.29, 1.82) is 0 Å². The van der Waals surface area contributed by atoms with Crippen LogP contribution in [0.1, 0.15) is 44.2 Å². The van der Waals surface area contributed by atoms with E-state index in [1.165, 1.54) is 12.1 Å². The topological polar surface area (TPSA) is 59.8 Å². The van der Waals surface area contributed by atoms with Crippen LogP contribution in [0.5, 0.6) is 0 Å². The average molecular weight is 340 g/mol. The molecule has 0 spiro atoms. The number of halogens is 1. The minimum absolute atomic E-state index is 0.127. The van der Waals surface area contributed by atoms with E-state index >= 15 is 0 Å². The lowest BCUT2D eigenvalue weighted by atomic mass is 10.1. The second kappa shape index (κ2) is 7.01. The van der Waals surface area contributed by atoms with Crippen LogP contribution in [0.15, 0.2) is 42.6 Å². The first-order chi connectivity index (χ1) is 12.0. The maximum Gasteiger partial charge on any atom is 0.224 e. The highest BCUT2D eigenvalue weighted by Crippen LogP contribution is 2.23. The quantitative estimate of drug-likeness (QED) is 0.772. The Labute approximate surface area is 145 Å². The predicted molar refractivity (Wildman–Crippen MR) is 94.6 cm³/mol. The van der Waals surface area contributed by atoms with Crippen molar-refractivity contribution in [3.05, 3.63) is 59.8 Å². The number of carbonyl (C=O) groups is 1. The molecule has 0 fully saturated rings. The van der Waals surface area contributed by atoms with Gasteiger partial charge in [-0.25, -0.2) is 14.4 Å². The smallest absolute Gasteiger partial charge is 0.224 e. The van der Waals surface area contributed by atoms with Gasteiger partial charge >= 0.3 is 0 Å². The lowest BCUT2D eigenvalue weighted by Crippen LogP contribution is -2.30. The number of carbonyl (C=O) groups excluding carboxylic acids is 1. The highest BCUT2D eigenvalue weighted by atomic mass is 19.1. The minimum atomic E-state index is -0.342. The highest BCUT2D eigenvalue weighted by molar-refractivity contribution is 5.79. The van der Waals surface area contributed by atoms with Gasteiger partial charge in [-0.3, -0.25) is 4.79 Å². The van der Waals surface area contributed by atoms with Gasteiger partial charge in [0.1, 0.15) is 17.2 Å².